The largest absolute Gasteiger partial charge is 0.490 e. The van der Waals surface area contributed by atoms with Crippen LogP contribution < -0.4 is 33.0 Å². The van der Waals surface area contributed by atoms with Crippen molar-refractivity contribution in [2.24, 2.45) is 5.73 Å². The van der Waals surface area contributed by atoms with Crippen molar-refractivity contribution in [2.45, 2.75) is 119 Å². The Hall–Kier alpha value is -3.13. The number of phosphoric ester groups is 1. The number of carbonyl (C=O) groups is 4. The molecule has 0 radical (unpaired) electrons. The monoisotopic (exact) mass is 991 g/mol. The molecular formula is C33H52N7O18P3S2. The Balaban J connectivity index is 1.54. The molecule has 0 bridgehead atoms. The van der Waals surface area contributed by atoms with Crippen LogP contribution in [0.25, 0.3) is 0 Å². The number of aliphatic hydroxyl groups excluding tert-OH is 1. The van der Waals surface area contributed by atoms with Crippen molar-refractivity contribution < 1.29 is 75.4 Å². The minimum atomic E-state index is -5.86. The molecule has 9 atom stereocenters. The number of allylic oxidation sites excluding steroid dienone is 1. The summed E-state index contributed by atoms with van der Waals surface area (Å²) in [7, 11) is -17.2. The molecule has 3 aliphatic heterocycles. The molecule has 3 saturated heterocycles. The molecular weight excluding hydrogens is 939 g/mol. The number of amides is 4. The van der Waals surface area contributed by atoms with Crippen molar-refractivity contribution in [1.29, 1.82) is 0 Å². The van der Waals surface area contributed by atoms with Gasteiger partial charge in [-0.3, -0.25) is 43.7 Å². The van der Waals surface area contributed by atoms with Gasteiger partial charge in [-0.05, 0) is 37.3 Å². The molecule has 4 heterocycles. The minimum Gasteiger partial charge on any atom is -0.405 e. The highest BCUT2D eigenvalue weighted by Crippen LogP contribution is 2.66. The van der Waals surface area contributed by atoms with Crippen molar-refractivity contribution in [3.8, 4) is 0 Å². The number of nitrogens with zero attached hydrogens (tertiary/aromatic N) is 2. The Morgan fingerprint density at radius 1 is 1.08 bits per heavy atom. The molecule has 4 amide bonds. The van der Waals surface area contributed by atoms with E-state index in [9.17, 15) is 57.4 Å². The molecule has 354 valence electrons. The molecule has 1 aromatic rings. The van der Waals surface area contributed by atoms with Crippen LogP contribution in [-0.2, 0) is 51.4 Å². The number of hydrogen-bond acceptors (Lipinski definition) is 17. The summed E-state index contributed by atoms with van der Waals surface area (Å²) >= 11 is 6.71. The smallest absolute Gasteiger partial charge is 0.405 e. The van der Waals surface area contributed by atoms with Gasteiger partial charge in [0.15, 0.2) is 5.78 Å². The number of urea groups is 1. The van der Waals surface area contributed by atoms with E-state index < -0.39 is 95.6 Å². The first-order valence-corrected chi connectivity index (χ1v) is 25.7. The van der Waals surface area contributed by atoms with E-state index in [0.717, 1.165) is 45.9 Å². The van der Waals surface area contributed by atoms with Crippen LogP contribution >= 0.6 is 47.4 Å². The van der Waals surface area contributed by atoms with Crippen LogP contribution in [-0.4, -0.2) is 117 Å². The molecule has 0 spiro atoms. The maximum atomic E-state index is 14.1. The second-order valence-corrected chi connectivity index (χ2v) is 20.8. The van der Waals surface area contributed by atoms with Gasteiger partial charge in [0, 0.05) is 49.4 Å². The van der Waals surface area contributed by atoms with Crippen LogP contribution in [0.4, 0.5) is 4.79 Å². The maximum absolute atomic E-state index is 14.1. The number of unbranched alkanes of at least 4 members (excludes halogenated alkanes) is 3. The van der Waals surface area contributed by atoms with E-state index >= 15 is 0 Å². The first kappa shape index (κ1) is 52.5. The zero-order valence-corrected chi connectivity index (χ0v) is 38.2. The zero-order valence-electron chi connectivity index (χ0n) is 33.8. The third-order valence-electron chi connectivity index (χ3n) is 10.3. The predicted octanol–water partition coefficient (Wildman–Crippen LogP) is 0.753. The van der Waals surface area contributed by atoms with E-state index in [1.165, 1.54) is 6.08 Å². The molecule has 4 rings (SSSR count). The summed E-state index contributed by atoms with van der Waals surface area (Å²) in [6.07, 6.45) is 1.29. The molecule has 3 unspecified atom stereocenters. The van der Waals surface area contributed by atoms with E-state index in [0.29, 0.717) is 25.7 Å². The number of phosphoric acid groups is 3. The van der Waals surface area contributed by atoms with Crippen LogP contribution in [0.3, 0.4) is 0 Å². The number of hydrogen-bond donors (Lipinski definition) is 10. The van der Waals surface area contributed by atoms with Crippen LogP contribution in [0.5, 0.6) is 0 Å². The van der Waals surface area contributed by atoms with Crippen molar-refractivity contribution in [1.82, 2.24) is 30.6 Å². The summed E-state index contributed by atoms with van der Waals surface area (Å²) in [6, 6.07) is -0.136. The number of nitrogens with two attached hydrogens (primary N) is 1. The Morgan fingerprint density at radius 2 is 1.79 bits per heavy atom. The van der Waals surface area contributed by atoms with Crippen LogP contribution in [0.15, 0.2) is 28.1 Å². The number of thiocarbonyl (C=S) groups is 1. The first-order chi connectivity index (χ1) is 29.5. The van der Waals surface area contributed by atoms with Gasteiger partial charge in [0.25, 0.3) is 5.56 Å². The van der Waals surface area contributed by atoms with E-state index in [4.69, 9.17) is 32.5 Å². The Bertz CT molecular complexity index is 2140. The van der Waals surface area contributed by atoms with Crippen LogP contribution in [0.2, 0.25) is 0 Å². The highest BCUT2D eigenvalue weighted by Gasteiger charge is 2.45. The normalized spacial score (nSPS) is 25.0. The topological polar surface area (TPSA) is 378 Å². The Kier molecular flexibility index (Phi) is 19.0. The molecule has 3 fully saturated rings. The van der Waals surface area contributed by atoms with Crippen molar-refractivity contribution >= 4 is 76.4 Å². The Labute approximate surface area is 369 Å². The lowest BCUT2D eigenvalue weighted by Crippen LogP contribution is -2.50. The number of aromatic amines is 1. The standard InChI is InChI=1S/C33H52N7O18P3S2/c1-2-3-4-9-27(44)40(38-26(43)8-6-5-7-24-29-21(19-63-24)35-31(46)36-29)14-12-33(11-13-34,25(42)10-15-62)20-17-39(32(47)37-30(20)45)28-16-22(41)23(56-28)18-55-60(51,52)58-61(53,54)57-59(48,49)50/h11,13,15,17,21-24,28-29,41H,2-10,12,14,16,18-19,34H2,1H3,(H,38,43)(H,51,52)(H,53,54)(H2,35,36,46)(H,37,45,47)(H2,48,49,50)/t21-,22-,23+,24-,28+,29-,33?/m0/s1. The molecule has 0 saturated carbocycles. The summed E-state index contributed by atoms with van der Waals surface area (Å²) in [4.78, 5) is 118. The number of carbonyl (C=O) groups excluding carboxylic acids is 4. The van der Waals surface area contributed by atoms with Crippen molar-refractivity contribution in [3.05, 3.63) is 44.9 Å². The molecule has 3 aliphatic rings. The van der Waals surface area contributed by atoms with Crippen molar-refractivity contribution in [3.63, 3.8) is 0 Å². The van der Waals surface area contributed by atoms with Gasteiger partial charge in [-0.2, -0.15) is 20.4 Å². The van der Waals surface area contributed by atoms with Gasteiger partial charge < -0.3 is 45.8 Å². The number of hydrazine groups is 1. The number of ketones is 1. The van der Waals surface area contributed by atoms with Gasteiger partial charge in [0.1, 0.15) is 12.3 Å². The lowest BCUT2D eigenvalue weighted by molar-refractivity contribution is -0.142. The highest BCUT2D eigenvalue weighted by molar-refractivity contribution is 8.00. The second-order valence-electron chi connectivity index (χ2n) is 14.8. The molecule has 30 heteroatoms. The second kappa shape index (κ2) is 22.9. The fraction of sp³-hybridized carbons (Fsp3) is 0.667. The summed E-state index contributed by atoms with van der Waals surface area (Å²) in [5.41, 5.74) is 3.95. The van der Waals surface area contributed by atoms with Gasteiger partial charge in [0.05, 0.1) is 35.8 Å². The third kappa shape index (κ3) is 14.9. The first-order valence-electron chi connectivity index (χ1n) is 19.7. The predicted molar refractivity (Wildman–Crippen MR) is 227 cm³/mol. The summed E-state index contributed by atoms with van der Waals surface area (Å²) < 4.78 is 53.3. The van der Waals surface area contributed by atoms with Crippen LogP contribution in [0, 0.1) is 0 Å². The van der Waals surface area contributed by atoms with Gasteiger partial charge in [-0.25, -0.2) is 23.3 Å². The van der Waals surface area contributed by atoms with Crippen molar-refractivity contribution in [2.75, 3.05) is 18.9 Å². The molecule has 0 aliphatic carbocycles. The SMILES string of the molecule is CCCCCC(=O)N(CCC(C=CN)(C(=O)CC=S)c1cn([C@H]2C[C@H](O)[C@@H](COP(=O)(O)OP(=O)(O)OP(=O)(O)O)O2)c(=O)[nH]c1=O)NC(=O)CCCC[C@@H]1SC[C@@H]2NC(=O)N[C@@H]21. The summed E-state index contributed by atoms with van der Waals surface area (Å²) in [5, 5.41) is 18.9. The number of fused-ring (bicyclic) bond motifs is 1. The van der Waals surface area contributed by atoms with E-state index in [-0.39, 0.29) is 54.7 Å². The average Bonchev–Trinajstić information content (AvgIpc) is 3.85. The molecule has 1 aromatic heterocycles. The number of aliphatic hydroxyl groups is 1. The molecule has 63 heavy (non-hydrogen) atoms. The number of Topliss-reactive ketones (excluding diaryl/α,β-unsaturated/α-hetero) is 1. The quantitative estimate of drug-likeness (QED) is 0.0212. The highest BCUT2D eigenvalue weighted by atomic mass is 32.2. The van der Waals surface area contributed by atoms with Gasteiger partial charge in [0.2, 0.25) is 11.8 Å². The number of ether oxygens (including phenoxy) is 1. The van der Waals surface area contributed by atoms with Crippen LogP contribution in [0.1, 0.15) is 89.3 Å². The lowest BCUT2D eigenvalue weighted by Gasteiger charge is -2.32. The molecule has 0 aromatic carbocycles. The molecule has 11 N–H and O–H groups in total. The minimum absolute atomic E-state index is 0.00687. The van der Waals surface area contributed by atoms with Gasteiger partial charge >= 0.3 is 35.2 Å². The zero-order chi connectivity index (χ0) is 46.8. The van der Waals surface area contributed by atoms with Gasteiger partial charge in [-0.1, -0.05) is 44.5 Å². The Morgan fingerprint density at radius 3 is 2.46 bits per heavy atom. The lowest BCUT2D eigenvalue weighted by atomic mass is 9.73. The number of rotatable bonds is 25. The fourth-order valence-electron chi connectivity index (χ4n) is 7.31. The van der Waals surface area contributed by atoms with E-state index in [1.54, 1.807) is 11.8 Å². The fourth-order valence-corrected chi connectivity index (χ4v) is 12.0. The number of thioether (sulfide) groups is 1. The van der Waals surface area contributed by atoms with E-state index in [1.807, 2.05) is 6.92 Å². The molecule has 25 nitrogen and oxygen atoms in total. The number of H-pyrrole nitrogens is 1. The summed E-state index contributed by atoms with van der Waals surface area (Å²) in [6.45, 7) is 0.545. The average molecular weight is 992 g/mol. The summed E-state index contributed by atoms with van der Waals surface area (Å²) in [5.74, 6) is -0.865. The van der Waals surface area contributed by atoms with Gasteiger partial charge in [-0.15, -0.1) is 0 Å². The van der Waals surface area contributed by atoms with E-state index in [2.05, 4.69) is 34.2 Å². The number of nitrogens with one attached hydrogen (secondary N) is 4. The maximum Gasteiger partial charge on any atom is 0.490 e. The third-order valence-corrected chi connectivity index (χ3v) is 15.8. The number of aromatic nitrogens is 2.